The standard InChI is InChI=1S/C14H16F3NO3/c1-8-4-5-10(9(6-8)12(20)21)18-11(19)7-13(2,3)14(15,16)17/h4-6H,7H2,1-3H3,(H,18,19)(H,20,21). The number of alkyl halides is 3. The lowest BCUT2D eigenvalue weighted by Crippen LogP contribution is -2.36. The van der Waals surface area contributed by atoms with Gasteiger partial charge in [0.05, 0.1) is 16.7 Å². The maximum atomic E-state index is 12.7. The second-order valence-electron chi connectivity index (χ2n) is 5.46. The van der Waals surface area contributed by atoms with E-state index >= 15 is 0 Å². The Morgan fingerprint density at radius 2 is 1.81 bits per heavy atom. The van der Waals surface area contributed by atoms with Crippen LogP contribution in [0.2, 0.25) is 0 Å². The number of carbonyl (C=O) groups excluding carboxylic acids is 1. The lowest BCUT2D eigenvalue weighted by Gasteiger charge is -2.27. The number of carboxylic acid groups (broad SMARTS) is 1. The maximum absolute atomic E-state index is 12.7. The molecule has 0 saturated heterocycles. The van der Waals surface area contributed by atoms with Gasteiger partial charge in [0.15, 0.2) is 0 Å². The highest BCUT2D eigenvalue weighted by Crippen LogP contribution is 2.40. The molecule has 0 saturated carbocycles. The van der Waals surface area contributed by atoms with E-state index in [9.17, 15) is 22.8 Å². The fourth-order valence-corrected chi connectivity index (χ4v) is 1.64. The number of aromatic carboxylic acids is 1. The van der Waals surface area contributed by atoms with Crippen molar-refractivity contribution in [2.24, 2.45) is 5.41 Å². The minimum Gasteiger partial charge on any atom is -0.478 e. The van der Waals surface area contributed by atoms with Crippen LogP contribution in [0, 0.1) is 12.3 Å². The summed E-state index contributed by atoms with van der Waals surface area (Å²) in [5, 5.41) is 11.3. The van der Waals surface area contributed by atoms with Crippen LogP contribution >= 0.6 is 0 Å². The highest BCUT2D eigenvalue weighted by molar-refractivity contribution is 6.00. The average Bonchev–Trinajstić information content (AvgIpc) is 2.28. The van der Waals surface area contributed by atoms with Gasteiger partial charge in [0.25, 0.3) is 0 Å². The summed E-state index contributed by atoms with van der Waals surface area (Å²) in [6.45, 7) is 3.50. The van der Waals surface area contributed by atoms with Gasteiger partial charge in [0.2, 0.25) is 5.91 Å². The Morgan fingerprint density at radius 1 is 1.24 bits per heavy atom. The molecule has 0 atom stereocenters. The second kappa shape index (κ2) is 5.75. The number of anilines is 1. The largest absolute Gasteiger partial charge is 0.478 e. The summed E-state index contributed by atoms with van der Waals surface area (Å²) in [6.07, 6.45) is -5.31. The second-order valence-corrected chi connectivity index (χ2v) is 5.46. The van der Waals surface area contributed by atoms with Crippen LogP contribution in [-0.2, 0) is 4.79 Å². The first-order valence-electron chi connectivity index (χ1n) is 6.14. The van der Waals surface area contributed by atoms with Crippen LogP contribution in [0.1, 0.15) is 36.2 Å². The van der Waals surface area contributed by atoms with Gasteiger partial charge in [-0.1, -0.05) is 25.5 Å². The number of carboxylic acids is 1. The molecular weight excluding hydrogens is 287 g/mol. The van der Waals surface area contributed by atoms with Gasteiger partial charge in [0, 0.05) is 6.42 Å². The Hall–Kier alpha value is -2.05. The van der Waals surface area contributed by atoms with E-state index in [0.717, 1.165) is 13.8 Å². The molecule has 0 fully saturated rings. The van der Waals surface area contributed by atoms with Gasteiger partial charge < -0.3 is 10.4 Å². The number of halogens is 3. The quantitative estimate of drug-likeness (QED) is 0.893. The zero-order valence-corrected chi connectivity index (χ0v) is 11.8. The smallest absolute Gasteiger partial charge is 0.394 e. The molecular formula is C14H16F3NO3. The summed E-state index contributed by atoms with van der Waals surface area (Å²) >= 11 is 0. The van der Waals surface area contributed by atoms with Gasteiger partial charge in [-0.15, -0.1) is 0 Å². The van der Waals surface area contributed by atoms with Gasteiger partial charge in [-0.05, 0) is 19.1 Å². The van der Waals surface area contributed by atoms with Crippen molar-refractivity contribution in [2.75, 3.05) is 5.32 Å². The normalized spacial score (nSPS) is 12.1. The average molecular weight is 303 g/mol. The van der Waals surface area contributed by atoms with Crippen molar-refractivity contribution in [1.29, 1.82) is 0 Å². The highest BCUT2D eigenvalue weighted by Gasteiger charge is 2.48. The van der Waals surface area contributed by atoms with Gasteiger partial charge in [-0.25, -0.2) is 4.79 Å². The van der Waals surface area contributed by atoms with Gasteiger partial charge in [-0.2, -0.15) is 13.2 Å². The van der Waals surface area contributed by atoms with Crippen molar-refractivity contribution in [1.82, 2.24) is 0 Å². The third-order valence-corrected chi connectivity index (χ3v) is 3.05. The van der Waals surface area contributed by atoms with Crippen LogP contribution in [-0.4, -0.2) is 23.2 Å². The van der Waals surface area contributed by atoms with E-state index in [1.54, 1.807) is 13.0 Å². The highest BCUT2D eigenvalue weighted by atomic mass is 19.4. The third kappa shape index (κ3) is 4.21. The Kier molecular flexibility index (Phi) is 4.65. The summed E-state index contributed by atoms with van der Waals surface area (Å²) in [5.74, 6) is -2.15. The molecule has 1 aromatic rings. The van der Waals surface area contributed by atoms with Crippen LogP contribution < -0.4 is 5.32 Å². The van der Waals surface area contributed by atoms with Crippen molar-refractivity contribution in [2.45, 2.75) is 33.4 Å². The van der Waals surface area contributed by atoms with Crippen LogP contribution in [0.4, 0.5) is 18.9 Å². The molecule has 1 rings (SSSR count). The Balaban J connectivity index is 2.93. The van der Waals surface area contributed by atoms with Gasteiger partial charge in [-0.3, -0.25) is 4.79 Å². The van der Waals surface area contributed by atoms with E-state index in [4.69, 9.17) is 5.11 Å². The molecule has 1 aromatic carbocycles. The molecule has 0 aliphatic heterocycles. The Bertz CT molecular complexity index is 565. The molecule has 0 aromatic heterocycles. The van der Waals surface area contributed by atoms with E-state index in [1.165, 1.54) is 12.1 Å². The lowest BCUT2D eigenvalue weighted by molar-refractivity contribution is -0.213. The fraction of sp³-hybridized carbons (Fsp3) is 0.429. The SMILES string of the molecule is Cc1ccc(NC(=O)CC(C)(C)C(F)(F)F)c(C(=O)O)c1. The van der Waals surface area contributed by atoms with Crippen LogP contribution in [0.15, 0.2) is 18.2 Å². The predicted octanol–water partition coefficient (Wildman–Crippen LogP) is 3.61. The number of amides is 1. The van der Waals surface area contributed by atoms with Crippen molar-refractivity contribution >= 4 is 17.6 Å². The van der Waals surface area contributed by atoms with E-state index < -0.39 is 29.9 Å². The molecule has 21 heavy (non-hydrogen) atoms. The molecule has 0 aliphatic rings. The topological polar surface area (TPSA) is 66.4 Å². The minimum absolute atomic E-state index is 0.0175. The zero-order valence-electron chi connectivity index (χ0n) is 11.8. The molecule has 0 unspecified atom stereocenters. The minimum atomic E-state index is -4.52. The van der Waals surface area contributed by atoms with E-state index in [2.05, 4.69) is 5.32 Å². The van der Waals surface area contributed by atoms with Crippen LogP contribution in [0.5, 0.6) is 0 Å². The van der Waals surface area contributed by atoms with E-state index in [-0.39, 0.29) is 11.3 Å². The molecule has 7 heteroatoms. The number of hydrogen-bond acceptors (Lipinski definition) is 2. The van der Waals surface area contributed by atoms with Crippen molar-refractivity contribution in [3.8, 4) is 0 Å². The van der Waals surface area contributed by atoms with Crippen LogP contribution in [0.3, 0.4) is 0 Å². The third-order valence-electron chi connectivity index (χ3n) is 3.05. The number of nitrogens with one attached hydrogen (secondary N) is 1. The van der Waals surface area contributed by atoms with Gasteiger partial charge in [0.1, 0.15) is 0 Å². The molecule has 4 nitrogen and oxygen atoms in total. The van der Waals surface area contributed by atoms with E-state index in [1.807, 2.05) is 0 Å². The number of aryl methyl sites for hydroxylation is 1. The number of rotatable bonds is 4. The number of hydrogen-bond donors (Lipinski definition) is 2. The number of benzene rings is 1. The fourth-order valence-electron chi connectivity index (χ4n) is 1.64. The first kappa shape index (κ1) is 17.0. The molecule has 0 heterocycles. The summed E-state index contributed by atoms with van der Waals surface area (Å²) in [5.41, 5.74) is -1.70. The molecule has 1 amide bonds. The molecule has 0 aliphatic carbocycles. The van der Waals surface area contributed by atoms with Crippen molar-refractivity contribution in [3.05, 3.63) is 29.3 Å². The maximum Gasteiger partial charge on any atom is 0.394 e. The first-order chi connectivity index (χ1) is 9.44. The summed E-state index contributed by atoms with van der Waals surface area (Å²) < 4.78 is 38.2. The monoisotopic (exact) mass is 303 g/mol. The van der Waals surface area contributed by atoms with Crippen molar-refractivity contribution < 1.29 is 27.9 Å². The number of carbonyl (C=O) groups is 2. The lowest BCUT2D eigenvalue weighted by atomic mass is 9.88. The molecule has 2 N–H and O–H groups in total. The zero-order chi connectivity index (χ0) is 16.4. The van der Waals surface area contributed by atoms with E-state index in [0.29, 0.717) is 5.56 Å². The molecule has 0 radical (unpaired) electrons. The predicted molar refractivity (Wildman–Crippen MR) is 71.2 cm³/mol. The first-order valence-corrected chi connectivity index (χ1v) is 6.14. The summed E-state index contributed by atoms with van der Waals surface area (Å²) in [6, 6.07) is 4.26. The molecule has 116 valence electrons. The van der Waals surface area contributed by atoms with Crippen LogP contribution in [0.25, 0.3) is 0 Å². The van der Waals surface area contributed by atoms with Gasteiger partial charge >= 0.3 is 12.1 Å². The molecule has 0 spiro atoms. The summed E-state index contributed by atoms with van der Waals surface area (Å²) in [4.78, 5) is 22.8. The Morgan fingerprint density at radius 3 is 2.29 bits per heavy atom. The molecule has 0 bridgehead atoms. The Labute approximate surface area is 120 Å². The van der Waals surface area contributed by atoms with Crippen molar-refractivity contribution in [3.63, 3.8) is 0 Å². The summed E-state index contributed by atoms with van der Waals surface area (Å²) in [7, 11) is 0.